The van der Waals surface area contributed by atoms with Crippen LogP contribution in [0.4, 0.5) is 0 Å². The largest absolute Gasteiger partial charge is 0.383 e. The number of hydrogen-bond donors (Lipinski definition) is 2. The summed E-state index contributed by atoms with van der Waals surface area (Å²) in [6.07, 6.45) is 4.16. The molecule has 0 radical (unpaired) electrons. The molecule has 2 N–H and O–H groups in total. The van der Waals surface area contributed by atoms with E-state index < -0.39 is 0 Å². The molecule has 4 heteroatoms. The summed E-state index contributed by atoms with van der Waals surface area (Å²) in [6, 6.07) is 0. The van der Waals surface area contributed by atoms with Crippen LogP contribution in [-0.2, 0) is 9.53 Å². The Morgan fingerprint density at radius 1 is 1.47 bits per heavy atom. The van der Waals surface area contributed by atoms with E-state index in [1.54, 1.807) is 7.11 Å². The van der Waals surface area contributed by atoms with E-state index >= 15 is 0 Å². The van der Waals surface area contributed by atoms with Gasteiger partial charge in [-0.05, 0) is 38.3 Å². The SMILES string of the molecule is COCCNC(=O)CC1CCCNCC1. The number of rotatable bonds is 5. The second-order valence-corrected chi connectivity index (χ2v) is 4.09. The van der Waals surface area contributed by atoms with Gasteiger partial charge in [0.05, 0.1) is 6.61 Å². The molecule has 0 aromatic rings. The van der Waals surface area contributed by atoms with Crippen LogP contribution in [0, 0.1) is 5.92 Å². The van der Waals surface area contributed by atoms with Gasteiger partial charge in [0.25, 0.3) is 0 Å². The molecule has 1 aliphatic rings. The fraction of sp³-hybridized carbons (Fsp3) is 0.909. The van der Waals surface area contributed by atoms with Gasteiger partial charge in [-0.15, -0.1) is 0 Å². The van der Waals surface area contributed by atoms with Crippen LogP contribution in [0.5, 0.6) is 0 Å². The van der Waals surface area contributed by atoms with Crippen molar-refractivity contribution in [3.05, 3.63) is 0 Å². The first-order valence-corrected chi connectivity index (χ1v) is 5.79. The zero-order valence-electron chi connectivity index (χ0n) is 9.55. The van der Waals surface area contributed by atoms with E-state index in [1.807, 2.05) is 0 Å². The Bertz CT molecular complexity index is 177. The predicted molar refractivity (Wildman–Crippen MR) is 59.7 cm³/mol. The summed E-state index contributed by atoms with van der Waals surface area (Å²) < 4.78 is 4.88. The van der Waals surface area contributed by atoms with Crippen molar-refractivity contribution in [1.82, 2.24) is 10.6 Å². The first-order valence-electron chi connectivity index (χ1n) is 5.79. The van der Waals surface area contributed by atoms with Crippen LogP contribution in [0.3, 0.4) is 0 Å². The van der Waals surface area contributed by atoms with Crippen LogP contribution in [0.2, 0.25) is 0 Å². The van der Waals surface area contributed by atoms with Crippen molar-refractivity contribution in [2.45, 2.75) is 25.7 Å². The third-order valence-corrected chi connectivity index (χ3v) is 2.80. The Balaban J connectivity index is 2.12. The molecule has 0 aromatic heterocycles. The number of amides is 1. The lowest BCUT2D eigenvalue weighted by Crippen LogP contribution is -2.28. The summed E-state index contributed by atoms with van der Waals surface area (Å²) in [6.45, 7) is 3.37. The number of hydrogen-bond acceptors (Lipinski definition) is 3. The Morgan fingerprint density at radius 2 is 2.33 bits per heavy atom. The summed E-state index contributed by atoms with van der Waals surface area (Å²) >= 11 is 0. The van der Waals surface area contributed by atoms with Gasteiger partial charge < -0.3 is 15.4 Å². The molecule has 1 heterocycles. The van der Waals surface area contributed by atoms with Crippen LogP contribution in [0.1, 0.15) is 25.7 Å². The highest BCUT2D eigenvalue weighted by Gasteiger charge is 2.15. The second-order valence-electron chi connectivity index (χ2n) is 4.09. The standard InChI is InChI=1S/C11H22N2O2/c1-15-8-7-13-11(14)9-10-3-2-5-12-6-4-10/h10,12H,2-9H2,1H3,(H,13,14). The van der Waals surface area contributed by atoms with E-state index in [1.165, 1.54) is 12.8 Å². The molecule has 1 saturated heterocycles. The zero-order chi connectivity index (χ0) is 10.9. The third-order valence-electron chi connectivity index (χ3n) is 2.80. The number of carbonyl (C=O) groups is 1. The highest BCUT2D eigenvalue weighted by molar-refractivity contribution is 5.76. The van der Waals surface area contributed by atoms with Gasteiger partial charge in [0.15, 0.2) is 0 Å². The number of ether oxygens (including phenoxy) is 1. The number of nitrogens with one attached hydrogen (secondary N) is 2. The van der Waals surface area contributed by atoms with E-state index in [0.717, 1.165) is 19.5 Å². The summed E-state index contributed by atoms with van der Waals surface area (Å²) in [5.74, 6) is 0.724. The van der Waals surface area contributed by atoms with Gasteiger partial charge in [-0.25, -0.2) is 0 Å². The molecule has 0 bridgehead atoms. The molecule has 0 saturated carbocycles. The highest BCUT2D eigenvalue weighted by Crippen LogP contribution is 2.16. The Labute approximate surface area is 91.8 Å². The Kier molecular flexibility index (Phi) is 6.36. The van der Waals surface area contributed by atoms with Crippen molar-refractivity contribution in [1.29, 1.82) is 0 Å². The minimum absolute atomic E-state index is 0.166. The van der Waals surface area contributed by atoms with E-state index in [-0.39, 0.29) is 5.91 Å². The second kappa shape index (κ2) is 7.65. The van der Waals surface area contributed by atoms with Crippen LogP contribution in [0.25, 0.3) is 0 Å². The summed E-state index contributed by atoms with van der Waals surface area (Å²) in [4.78, 5) is 11.5. The Morgan fingerprint density at radius 3 is 3.13 bits per heavy atom. The molecule has 1 fully saturated rings. The van der Waals surface area contributed by atoms with Crippen molar-refractivity contribution in [2.75, 3.05) is 33.4 Å². The lowest BCUT2D eigenvalue weighted by molar-refractivity contribution is -0.122. The van der Waals surface area contributed by atoms with Gasteiger partial charge in [-0.1, -0.05) is 0 Å². The van der Waals surface area contributed by atoms with Crippen molar-refractivity contribution >= 4 is 5.91 Å². The predicted octanol–water partition coefficient (Wildman–Crippen LogP) is 0.529. The molecular weight excluding hydrogens is 192 g/mol. The molecule has 1 atom stereocenters. The van der Waals surface area contributed by atoms with Gasteiger partial charge in [0.2, 0.25) is 5.91 Å². The molecule has 1 unspecified atom stereocenters. The van der Waals surface area contributed by atoms with Crippen LogP contribution < -0.4 is 10.6 Å². The molecule has 15 heavy (non-hydrogen) atoms. The molecule has 0 spiro atoms. The fourth-order valence-electron chi connectivity index (χ4n) is 1.92. The van der Waals surface area contributed by atoms with E-state index in [2.05, 4.69) is 10.6 Å². The van der Waals surface area contributed by atoms with Crippen molar-refractivity contribution < 1.29 is 9.53 Å². The maximum Gasteiger partial charge on any atom is 0.220 e. The molecule has 1 amide bonds. The lowest BCUT2D eigenvalue weighted by atomic mass is 9.97. The zero-order valence-corrected chi connectivity index (χ0v) is 9.55. The smallest absolute Gasteiger partial charge is 0.220 e. The molecule has 1 rings (SSSR count). The number of carbonyl (C=O) groups excluding carboxylic acids is 1. The van der Waals surface area contributed by atoms with Gasteiger partial charge >= 0.3 is 0 Å². The average molecular weight is 214 g/mol. The Hall–Kier alpha value is -0.610. The van der Waals surface area contributed by atoms with Crippen molar-refractivity contribution in [3.63, 3.8) is 0 Å². The maximum absolute atomic E-state index is 11.5. The van der Waals surface area contributed by atoms with E-state index in [4.69, 9.17) is 4.74 Å². The molecule has 88 valence electrons. The summed E-state index contributed by atoms with van der Waals surface area (Å²) in [5, 5.41) is 6.22. The summed E-state index contributed by atoms with van der Waals surface area (Å²) in [5.41, 5.74) is 0. The molecule has 4 nitrogen and oxygen atoms in total. The van der Waals surface area contributed by atoms with Gasteiger partial charge in [0, 0.05) is 20.1 Å². The topological polar surface area (TPSA) is 50.4 Å². The van der Waals surface area contributed by atoms with Crippen LogP contribution >= 0.6 is 0 Å². The number of methoxy groups -OCH3 is 1. The average Bonchev–Trinajstić information content (AvgIpc) is 2.47. The monoisotopic (exact) mass is 214 g/mol. The first kappa shape index (κ1) is 12.5. The first-order chi connectivity index (χ1) is 7.33. The minimum atomic E-state index is 0.166. The van der Waals surface area contributed by atoms with Gasteiger partial charge in [0.1, 0.15) is 0 Å². The fourth-order valence-corrected chi connectivity index (χ4v) is 1.92. The summed E-state index contributed by atoms with van der Waals surface area (Å²) in [7, 11) is 1.64. The van der Waals surface area contributed by atoms with Crippen LogP contribution in [0.15, 0.2) is 0 Å². The molecule has 0 aromatic carbocycles. The maximum atomic E-state index is 11.5. The van der Waals surface area contributed by atoms with E-state index in [9.17, 15) is 4.79 Å². The minimum Gasteiger partial charge on any atom is -0.383 e. The van der Waals surface area contributed by atoms with Crippen molar-refractivity contribution in [3.8, 4) is 0 Å². The lowest BCUT2D eigenvalue weighted by Gasteiger charge is -2.13. The quantitative estimate of drug-likeness (QED) is 0.656. The molecular formula is C11H22N2O2. The van der Waals surface area contributed by atoms with Gasteiger partial charge in [-0.2, -0.15) is 0 Å². The van der Waals surface area contributed by atoms with Crippen molar-refractivity contribution in [2.24, 2.45) is 5.92 Å². The normalized spacial score (nSPS) is 22.1. The van der Waals surface area contributed by atoms with Crippen LogP contribution in [-0.4, -0.2) is 39.3 Å². The third kappa shape index (κ3) is 5.74. The van der Waals surface area contributed by atoms with Gasteiger partial charge in [-0.3, -0.25) is 4.79 Å². The van der Waals surface area contributed by atoms with E-state index in [0.29, 0.717) is 25.5 Å². The molecule has 0 aliphatic carbocycles. The molecule has 1 aliphatic heterocycles. The highest BCUT2D eigenvalue weighted by atomic mass is 16.5.